The Balaban J connectivity index is 1.74. The summed E-state index contributed by atoms with van der Waals surface area (Å²) in [5.74, 6) is 0. The van der Waals surface area contributed by atoms with Gasteiger partial charge in [0.2, 0.25) is 0 Å². The molecule has 0 fully saturated rings. The first-order chi connectivity index (χ1) is 9.92. The van der Waals surface area contributed by atoms with E-state index in [1.165, 1.54) is 22.3 Å². The zero-order valence-corrected chi connectivity index (χ0v) is 11.5. The molecular weight excluding hydrogens is 240 g/mol. The molecule has 0 spiro atoms. The van der Waals surface area contributed by atoms with Gasteiger partial charge in [-0.05, 0) is 35.1 Å². The van der Waals surface area contributed by atoms with Crippen molar-refractivity contribution in [2.75, 3.05) is 0 Å². The van der Waals surface area contributed by atoms with Gasteiger partial charge in [0.15, 0.2) is 0 Å². The first-order valence-corrected chi connectivity index (χ1v) is 7.09. The highest BCUT2D eigenvalue weighted by Gasteiger charge is 1.99. The summed E-state index contributed by atoms with van der Waals surface area (Å²) in [5, 5.41) is 0. The van der Waals surface area contributed by atoms with Crippen molar-refractivity contribution in [3.05, 3.63) is 95.6 Å². The Labute approximate surface area is 120 Å². The molecule has 0 aliphatic heterocycles. The van der Waals surface area contributed by atoms with Crippen LogP contribution >= 0.6 is 0 Å². The lowest BCUT2D eigenvalue weighted by Crippen LogP contribution is -1.81. The van der Waals surface area contributed by atoms with E-state index in [9.17, 15) is 0 Å². The molecule has 2 aliphatic carbocycles. The minimum Gasteiger partial charge on any atom is -0.0807 e. The van der Waals surface area contributed by atoms with E-state index in [0.717, 1.165) is 12.8 Å². The minimum atomic E-state index is 1.02. The molecule has 0 aromatic heterocycles. The Morgan fingerprint density at radius 3 is 2.45 bits per heavy atom. The summed E-state index contributed by atoms with van der Waals surface area (Å²) < 4.78 is 0. The lowest BCUT2D eigenvalue weighted by Gasteiger charge is -2.02. The van der Waals surface area contributed by atoms with Crippen LogP contribution < -0.4 is 0 Å². The molecular formula is C20H18. The zero-order valence-electron chi connectivity index (χ0n) is 11.5. The smallest absolute Gasteiger partial charge is 0.00943 e. The predicted molar refractivity (Wildman–Crippen MR) is 88.2 cm³/mol. The van der Waals surface area contributed by atoms with Crippen molar-refractivity contribution in [3.63, 3.8) is 0 Å². The molecule has 0 bridgehead atoms. The lowest BCUT2D eigenvalue weighted by atomic mass is 10.0. The van der Waals surface area contributed by atoms with Gasteiger partial charge in [0.1, 0.15) is 0 Å². The third-order valence-electron chi connectivity index (χ3n) is 3.52. The van der Waals surface area contributed by atoms with Gasteiger partial charge >= 0.3 is 0 Å². The lowest BCUT2D eigenvalue weighted by molar-refractivity contribution is 1.34. The van der Waals surface area contributed by atoms with Gasteiger partial charge in [-0.2, -0.15) is 0 Å². The fourth-order valence-electron chi connectivity index (χ4n) is 2.35. The van der Waals surface area contributed by atoms with Crippen molar-refractivity contribution >= 4 is 11.6 Å². The fraction of sp³-hybridized carbons (Fsp3) is 0.100. The maximum atomic E-state index is 2.20. The first-order valence-electron chi connectivity index (χ1n) is 7.09. The minimum absolute atomic E-state index is 1.02. The molecule has 0 heteroatoms. The Bertz CT molecular complexity index is 644. The fourth-order valence-corrected chi connectivity index (χ4v) is 2.35. The van der Waals surface area contributed by atoms with E-state index in [1.54, 1.807) is 0 Å². The van der Waals surface area contributed by atoms with Crippen molar-refractivity contribution < 1.29 is 0 Å². The number of benzene rings is 1. The van der Waals surface area contributed by atoms with Gasteiger partial charge in [0.25, 0.3) is 0 Å². The normalized spacial score (nSPS) is 17.4. The quantitative estimate of drug-likeness (QED) is 0.673. The summed E-state index contributed by atoms with van der Waals surface area (Å²) in [6, 6.07) is 8.74. The van der Waals surface area contributed by atoms with Crippen molar-refractivity contribution in [2.24, 2.45) is 0 Å². The van der Waals surface area contributed by atoms with E-state index in [4.69, 9.17) is 0 Å². The largest absolute Gasteiger partial charge is 0.0807 e. The summed E-state index contributed by atoms with van der Waals surface area (Å²) in [7, 11) is 0. The van der Waals surface area contributed by atoms with Crippen LogP contribution in [0.5, 0.6) is 0 Å². The third-order valence-corrected chi connectivity index (χ3v) is 3.52. The standard InChI is InChI=1S/C20H18/c1-2-4-10-19(9-3-1)20-15-13-18(14-16-20)12-11-17-7-5-6-8-17/h1,3-7,9-16H,2,8H2/b12-11+. The van der Waals surface area contributed by atoms with E-state index >= 15 is 0 Å². The molecule has 3 rings (SSSR count). The van der Waals surface area contributed by atoms with E-state index in [-0.39, 0.29) is 0 Å². The summed E-state index contributed by atoms with van der Waals surface area (Å²) >= 11 is 0. The van der Waals surface area contributed by atoms with Crippen molar-refractivity contribution in [3.8, 4) is 0 Å². The molecule has 0 radical (unpaired) electrons. The summed E-state index contributed by atoms with van der Waals surface area (Å²) in [5.41, 5.74) is 5.16. The highest BCUT2D eigenvalue weighted by atomic mass is 14.0. The van der Waals surface area contributed by atoms with Gasteiger partial charge < -0.3 is 0 Å². The molecule has 98 valence electrons. The molecule has 0 N–H and O–H groups in total. The molecule has 2 aliphatic rings. The van der Waals surface area contributed by atoms with E-state index in [2.05, 4.69) is 85.0 Å². The Hall–Kier alpha value is -2.34. The Morgan fingerprint density at radius 1 is 0.800 bits per heavy atom. The van der Waals surface area contributed by atoms with Crippen LogP contribution in [0, 0.1) is 0 Å². The van der Waals surface area contributed by atoms with Crippen LogP contribution in [0.3, 0.4) is 0 Å². The Kier molecular flexibility index (Phi) is 3.93. The monoisotopic (exact) mass is 258 g/mol. The summed E-state index contributed by atoms with van der Waals surface area (Å²) in [6.45, 7) is 0. The van der Waals surface area contributed by atoms with Crippen LogP contribution in [-0.2, 0) is 0 Å². The average Bonchev–Trinajstić information content (AvgIpc) is 2.86. The second-order valence-corrected chi connectivity index (χ2v) is 5.02. The van der Waals surface area contributed by atoms with E-state index in [1.807, 2.05) is 0 Å². The van der Waals surface area contributed by atoms with Gasteiger partial charge in [-0.25, -0.2) is 0 Å². The van der Waals surface area contributed by atoms with Crippen LogP contribution in [0.4, 0.5) is 0 Å². The SMILES string of the molecule is C1=CCC=CC(c2ccc(/C=C/C3=CC=CC3)cc2)=C1. The molecule has 0 amide bonds. The second-order valence-electron chi connectivity index (χ2n) is 5.02. The molecule has 0 atom stereocenters. The van der Waals surface area contributed by atoms with Crippen LogP contribution in [0.2, 0.25) is 0 Å². The molecule has 0 saturated heterocycles. The average molecular weight is 258 g/mol. The number of hydrogen-bond donors (Lipinski definition) is 0. The number of rotatable bonds is 3. The van der Waals surface area contributed by atoms with Gasteiger partial charge in [0.05, 0.1) is 0 Å². The van der Waals surface area contributed by atoms with Crippen LogP contribution in [0.25, 0.3) is 11.6 Å². The Morgan fingerprint density at radius 2 is 1.65 bits per heavy atom. The predicted octanol–water partition coefficient (Wildman–Crippen LogP) is 5.49. The highest BCUT2D eigenvalue weighted by molar-refractivity contribution is 5.76. The van der Waals surface area contributed by atoms with Gasteiger partial charge in [-0.3, -0.25) is 0 Å². The topological polar surface area (TPSA) is 0 Å². The molecule has 0 heterocycles. The summed E-state index contributed by atoms with van der Waals surface area (Å²) in [4.78, 5) is 0. The number of allylic oxidation sites excluding steroid dienone is 11. The molecule has 20 heavy (non-hydrogen) atoms. The van der Waals surface area contributed by atoms with E-state index < -0.39 is 0 Å². The van der Waals surface area contributed by atoms with Crippen LogP contribution in [-0.4, -0.2) is 0 Å². The molecule has 0 unspecified atom stereocenters. The van der Waals surface area contributed by atoms with Crippen LogP contribution in [0.1, 0.15) is 24.0 Å². The third kappa shape index (κ3) is 3.16. The van der Waals surface area contributed by atoms with Crippen molar-refractivity contribution in [2.45, 2.75) is 12.8 Å². The zero-order chi connectivity index (χ0) is 13.6. The van der Waals surface area contributed by atoms with Crippen molar-refractivity contribution in [1.29, 1.82) is 0 Å². The van der Waals surface area contributed by atoms with E-state index in [0.29, 0.717) is 0 Å². The summed E-state index contributed by atoms with van der Waals surface area (Å²) in [6.07, 6.45) is 23.8. The molecule has 0 nitrogen and oxygen atoms in total. The second kappa shape index (κ2) is 6.21. The van der Waals surface area contributed by atoms with Gasteiger partial charge in [-0.15, -0.1) is 0 Å². The molecule has 0 saturated carbocycles. The van der Waals surface area contributed by atoms with Crippen molar-refractivity contribution in [1.82, 2.24) is 0 Å². The first kappa shape index (κ1) is 12.7. The van der Waals surface area contributed by atoms with Gasteiger partial charge in [-0.1, -0.05) is 85.0 Å². The van der Waals surface area contributed by atoms with Gasteiger partial charge in [0, 0.05) is 0 Å². The molecule has 1 aromatic carbocycles. The highest BCUT2D eigenvalue weighted by Crippen LogP contribution is 2.20. The number of hydrogen-bond acceptors (Lipinski definition) is 0. The maximum Gasteiger partial charge on any atom is -0.00943 e. The van der Waals surface area contributed by atoms with Crippen LogP contribution in [0.15, 0.2) is 84.5 Å². The molecule has 1 aromatic rings. The maximum absolute atomic E-state index is 2.20.